The fraction of sp³-hybridized carbons (Fsp3) is 0.500. The first-order valence-corrected chi connectivity index (χ1v) is 9.11. The Morgan fingerprint density at radius 1 is 1.25 bits per heavy atom. The van der Waals surface area contributed by atoms with Gasteiger partial charge in [0.15, 0.2) is 0 Å². The van der Waals surface area contributed by atoms with Crippen LogP contribution in [0.25, 0.3) is 0 Å². The third-order valence-corrected chi connectivity index (χ3v) is 5.01. The van der Waals surface area contributed by atoms with E-state index in [1.807, 2.05) is 6.92 Å². The van der Waals surface area contributed by atoms with Crippen LogP contribution in [0.1, 0.15) is 42.1 Å². The second-order valence-corrected chi connectivity index (χ2v) is 7.50. The van der Waals surface area contributed by atoms with Crippen molar-refractivity contribution >= 4 is 25.6 Å². The van der Waals surface area contributed by atoms with Crippen molar-refractivity contribution in [2.75, 3.05) is 13.1 Å². The van der Waals surface area contributed by atoms with E-state index in [2.05, 4.69) is 0 Å². The molecule has 0 aromatic heterocycles. The van der Waals surface area contributed by atoms with Crippen LogP contribution in [0.2, 0.25) is 0 Å². The number of carbonyl (C=O) groups is 1. The largest absolute Gasteiger partial charge is 0.339 e. The summed E-state index contributed by atoms with van der Waals surface area (Å²) in [7, 11) is 1.62. The predicted octanol–water partition coefficient (Wildman–Crippen LogP) is 2.80. The number of nitrogens with zero attached hydrogens (tertiary/aromatic N) is 1. The average molecular weight is 316 g/mol. The number of aryl methyl sites for hydroxylation is 1. The van der Waals surface area contributed by atoms with Gasteiger partial charge in [-0.1, -0.05) is 13.0 Å². The normalized spacial score (nSPS) is 16.2. The Morgan fingerprint density at radius 2 is 1.90 bits per heavy atom. The molecule has 1 heterocycles. The maximum Gasteiger partial charge on any atom is 0.261 e. The molecule has 0 atom stereocenters. The highest BCUT2D eigenvalue weighted by Crippen LogP contribution is 2.23. The molecule has 1 aromatic carbocycles. The molecule has 0 spiro atoms. The third kappa shape index (κ3) is 3.33. The van der Waals surface area contributed by atoms with Crippen LogP contribution >= 0.6 is 10.7 Å². The van der Waals surface area contributed by atoms with Gasteiger partial charge in [-0.2, -0.15) is 0 Å². The van der Waals surface area contributed by atoms with Crippen molar-refractivity contribution in [1.82, 2.24) is 4.90 Å². The molecule has 6 heteroatoms. The summed E-state index contributed by atoms with van der Waals surface area (Å²) >= 11 is 0. The first-order valence-electron chi connectivity index (χ1n) is 6.80. The summed E-state index contributed by atoms with van der Waals surface area (Å²) in [6.07, 6.45) is 3.69. The van der Waals surface area contributed by atoms with Crippen LogP contribution in [0.4, 0.5) is 0 Å². The van der Waals surface area contributed by atoms with E-state index in [1.165, 1.54) is 6.07 Å². The number of piperidine rings is 1. The molecule has 0 unspecified atom stereocenters. The van der Waals surface area contributed by atoms with Crippen LogP contribution in [-0.4, -0.2) is 32.3 Å². The van der Waals surface area contributed by atoms with Crippen molar-refractivity contribution < 1.29 is 13.2 Å². The third-order valence-electron chi connectivity index (χ3n) is 3.60. The molecule has 0 N–H and O–H groups in total. The zero-order valence-electron chi connectivity index (χ0n) is 11.4. The molecule has 1 aliphatic rings. The van der Waals surface area contributed by atoms with Crippen LogP contribution in [0.5, 0.6) is 0 Å². The molecule has 0 radical (unpaired) electrons. The standard InChI is InChI=1S/C14H18ClNO3S/c1-2-11-6-7-12(10-13(11)20(15,18)19)14(17)16-8-4-3-5-9-16/h6-7,10H,2-5,8-9H2,1H3. The topological polar surface area (TPSA) is 54.5 Å². The fourth-order valence-electron chi connectivity index (χ4n) is 2.49. The van der Waals surface area contributed by atoms with Gasteiger partial charge >= 0.3 is 0 Å². The minimum atomic E-state index is -3.83. The van der Waals surface area contributed by atoms with Gasteiger partial charge < -0.3 is 4.90 Å². The number of benzene rings is 1. The Balaban J connectivity index is 2.35. The van der Waals surface area contributed by atoms with Crippen molar-refractivity contribution in [3.05, 3.63) is 29.3 Å². The molecule has 0 bridgehead atoms. The molecule has 1 amide bonds. The van der Waals surface area contributed by atoms with Gasteiger partial charge in [-0.3, -0.25) is 4.79 Å². The average Bonchev–Trinajstić information content (AvgIpc) is 2.46. The van der Waals surface area contributed by atoms with E-state index in [0.717, 1.165) is 32.4 Å². The Labute approximate surface area is 124 Å². The highest BCUT2D eigenvalue weighted by atomic mass is 35.7. The van der Waals surface area contributed by atoms with Gasteiger partial charge in [-0.05, 0) is 43.4 Å². The molecule has 4 nitrogen and oxygen atoms in total. The second-order valence-electron chi connectivity index (χ2n) is 4.97. The quantitative estimate of drug-likeness (QED) is 0.806. The summed E-state index contributed by atoms with van der Waals surface area (Å²) in [5.41, 5.74) is 1.03. The summed E-state index contributed by atoms with van der Waals surface area (Å²) in [4.78, 5) is 14.2. The van der Waals surface area contributed by atoms with Crippen LogP contribution < -0.4 is 0 Å². The van der Waals surface area contributed by atoms with Gasteiger partial charge in [-0.25, -0.2) is 8.42 Å². The first-order chi connectivity index (χ1) is 9.43. The van der Waals surface area contributed by atoms with Crippen LogP contribution in [0, 0.1) is 0 Å². The monoisotopic (exact) mass is 315 g/mol. The number of hydrogen-bond donors (Lipinski definition) is 0. The zero-order chi connectivity index (χ0) is 14.8. The van der Waals surface area contributed by atoms with Gasteiger partial charge in [0.05, 0.1) is 4.90 Å². The summed E-state index contributed by atoms with van der Waals surface area (Å²) in [5, 5.41) is 0. The summed E-state index contributed by atoms with van der Waals surface area (Å²) < 4.78 is 23.2. The summed E-state index contributed by atoms with van der Waals surface area (Å²) in [5.74, 6) is -0.117. The lowest BCUT2D eigenvalue weighted by Gasteiger charge is -2.27. The lowest BCUT2D eigenvalue weighted by Crippen LogP contribution is -2.35. The molecule has 1 aliphatic heterocycles. The van der Waals surface area contributed by atoms with E-state index >= 15 is 0 Å². The van der Waals surface area contributed by atoms with Crippen LogP contribution in [-0.2, 0) is 15.5 Å². The molecule has 1 aromatic rings. The number of rotatable bonds is 3. The van der Waals surface area contributed by atoms with E-state index < -0.39 is 9.05 Å². The Morgan fingerprint density at radius 3 is 2.45 bits per heavy atom. The molecule has 1 saturated heterocycles. The Bertz CT molecular complexity index is 607. The summed E-state index contributed by atoms with van der Waals surface area (Å²) in [6, 6.07) is 4.76. The second kappa shape index (κ2) is 6.14. The zero-order valence-corrected chi connectivity index (χ0v) is 13.0. The van der Waals surface area contributed by atoms with E-state index in [0.29, 0.717) is 17.5 Å². The summed E-state index contributed by atoms with van der Waals surface area (Å²) in [6.45, 7) is 3.32. The lowest BCUT2D eigenvalue weighted by molar-refractivity contribution is 0.0724. The molecular weight excluding hydrogens is 298 g/mol. The first kappa shape index (κ1) is 15.3. The minimum absolute atomic E-state index is 0.0459. The van der Waals surface area contributed by atoms with E-state index in [1.54, 1.807) is 17.0 Å². The Hall–Kier alpha value is -1.07. The SMILES string of the molecule is CCc1ccc(C(=O)N2CCCCC2)cc1S(=O)(=O)Cl. The molecule has 20 heavy (non-hydrogen) atoms. The fourth-order valence-corrected chi connectivity index (χ4v) is 3.71. The van der Waals surface area contributed by atoms with Gasteiger partial charge in [-0.15, -0.1) is 0 Å². The molecule has 1 fully saturated rings. The number of hydrogen-bond acceptors (Lipinski definition) is 3. The van der Waals surface area contributed by atoms with Gasteiger partial charge in [0.2, 0.25) is 0 Å². The highest BCUT2D eigenvalue weighted by Gasteiger charge is 2.22. The van der Waals surface area contributed by atoms with Crippen molar-refractivity contribution in [3.63, 3.8) is 0 Å². The maximum absolute atomic E-state index is 12.4. The molecule has 2 rings (SSSR count). The van der Waals surface area contributed by atoms with E-state index in [-0.39, 0.29) is 10.8 Å². The van der Waals surface area contributed by atoms with E-state index in [9.17, 15) is 13.2 Å². The molecular formula is C14H18ClNO3S. The smallest absolute Gasteiger partial charge is 0.261 e. The highest BCUT2D eigenvalue weighted by molar-refractivity contribution is 8.13. The van der Waals surface area contributed by atoms with Crippen molar-refractivity contribution in [1.29, 1.82) is 0 Å². The van der Waals surface area contributed by atoms with Crippen molar-refractivity contribution in [2.24, 2.45) is 0 Å². The van der Waals surface area contributed by atoms with Crippen molar-refractivity contribution in [3.8, 4) is 0 Å². The van der Waals surface area contributed by atoms with Crippen LogP contribution in [0.15, 0.2) is 23.1 Å². The number of likely N-dealkylation sites (tertiary alicyclic amines) is 1. The van der Waals surface area contributed by atoms with Gasteiger partial charge in [0, 0.05) is 29.3 Å². The van der Waals surface area contributed by atoms with Crippen molar-refractivity contribution in [2.45, 2.75) is 37.5 Å². The maximum atomic E-state index is 12.4. The van der Waals surface area contributed by atoms with Gasteiger partial charge in [0.25, 0.3) is 15.0 Å². The Kier molecular flexibility index (Phi) is 4.70. The number of halogens is 1. The number of amides is 1. The number of carbonyl (C=O) groups excluding carboxylic acids is 1. The van der Waals surface area contributed by atoms with E-state index in [4.69, 9.17) is 10.7 Å². The molecule has 0 aliphatic carbocycles. The molecule has 0 saturated carbocycles. The van der Waals surface area contributed by atoms with Crippen LogP contribution in [0.3, 0.4) is 0 Å². The van der Waals surface area contributed by atoms with Gasteiger partial charge in [0.1, 0.15) is 0 Å². The molecule has 110 valence electrons. The minimum Gasteiger partial charge on any atom is -0.339 e. The lowest BCUT2D eigenvalue weighted by atomic mass is 10.1. The predicted molar refractivity (Wildman–Crippen MR) is 78.6 cm³/mol.